The van der Waals surface area contributed by atoms with Crippen LogP contribution in [0.5, 0.6) is 0 Å². The molecule has 44 nitrogen and oxygen atoms in total. The molecule has 4 amide bonds. The molecule has 7 aliphatic heterocycles. The van der Waals surface area contributed by atoms with Gasteiger partial charge in [0, 0.05) is 27.7 Å². The minimum absolute atomic E-state index is 0.0219. The van der Waals surface area contributed by atoms with E-state index in [4.69, 9.17) is 66.3 Å². The number of hydrogen-bond donors (Lipinski definition) is 25. The molecule has 7 heterocycles. The molecule has 39 atom stereocenters. The molecule has 100 heavy (non-hydrogen) atoms. The molecule has 7 rings (SSSR count). The van der Waals surface area contributed by atoms with Crippen LogP contribution in [0.4, 0.5) is 0 Å². The Balaban J connectivity index is 1.26. The SMILES string of the molecule is CC(=O)N[C@H]1[C@H](O[C@@H]([C@H](O)[C@H](C=O)NC(C)=O)[C@H](O)CO[C@@H]2O[C@@H](C)[C@@H](O)[C@@H](O)[C@@H]2O)O[C@H](CO)[C@@H](O[C@@H]2O[C@H](CO[C@H]3O[C@H](CO)[C@@H](O)[C@H](O)[C@@H]3O[C@@H]3O[C@H](CO)[C@@H](O)[C@H](O)[C@H]3NC(C)=O)[C@@H](O)[C@H](O[C@H]3O[C@H](CO)[C@@H](O)[C@H](O)[C@@H]3O[C@@H]3O[C@H](CO)[C@@H](O)[C@H](O)[C@H]3NC(C)=O)[C@@H]2O)[C@@H]1O. The largest absolute Gasteiger partial charge is 0.394 e. The summed E-state index contributed by atoms with van der Waals surface area (Å²) in [6, 6.07) is -7.45. The van der Waals surface area contributed by atoms with Crippen molar-refractivity contribution in [2.24, 2.45) is 0 Å². The lowest BCUT2D eigenvalue weighted by molar-refractivity contribution is -0.395. The van der Waals surface area contributed by atoms with Gasteiger partial charge in [-0.3, -0.25) is 19.2 Å². The van der Waals surface area contributed by atoms with Crippen LogP contribution < -0.4 is 21.3 Å². The lowest BCUT2D eigenvalue weighted by Gasteiger charge is -2.50. The first-order valence-corrected chi connectivity index (χ1v) is 31.7. The van der Waals surface area contributed by atoms with Gasteiger partial charge in [0.1, 0.15) is 195 Å². The zero-order valence-corrected chi connectivity index (χ0v) is 54.2. The Morgan fingerprint density at radius 1 is 0.390 bits per heavy atom. The van der Waals surface area contributed by atoms with E-state index in [0.29, 0.717) is 0 Å². The van der Waals surface area contributed by atoms with Gasteiger partial charge >= 0.3 is 0 Å². The van der Waals surface area contributed by atoms with Crippen LogP contribution in [0.1, 0.15) is 34.6 Å². The number of hydrogen-bond acceptors (Lipinski definition) is 40. The van der Waals surface area contributed by atoms with Gasteiger partial charge in [-0.05, 0) is 6.92 Å². The van der Waals surface area contributed by atoms with Gasteiger partial charge in [-0.2, -0.15) is 0 Å². The van der Waals surface area contributed by atoms with E-state index in [2.05, 4.69) is 21.3 Å². The van der Waals surface area contributed by atoms with E-state index in [1.807, 2.05) is 0 Å². The van der Waals surface area contributed by atoms with Crippen molar-refractivity contribution in [1.82, 2.24) is 21.3 Å². The minimum atomic E-state index is -2.53. The fraction of sp³-hybridized carbons (Fsp3) is 0.911. The monoisotopic (exact) mass is 1460 g/mol. The molecule has 578 valence electrons. The lowest BCUT2D eigenvalue weighted by atomic mass is 9.94. The number of rotatable bonds is 29. The van der Waals surface area contributed by atoms with Gasteiger partial charge < -0.3 is 200 Å². The fourth-order valence-corrected chi connectivity index (χ4v) is 12.3. The third-order valence-electron chi connectivity index (χ3n) is 17.7. The lowest BCUT2D eigenvalue weighted by Crippen LogP contribution is -2.70. The second-order valence-corrected chi connectivity index (χ2v) is 25.0. The van der Waals surface area contributed by atoms with E-state index < -0.39 is 309 Å². The zero-order chi connectivity index (χ0) is 74.2. The highest BCUT2D eigenvalue weighted by Gasteiger charge is 2.59. The Morgan fingerprint density at radius 3 is 1.26 bits per heavy atom. The highest BCUT2D eigenvalue weighted by Crippen LogP contribution is 2.38. The Labute approximate surface area is 567 Å². The molecule has 0 unspecified atom stereocenters. The molecular weight excluding hydrogens is 1370 g/mol. The van der Waals surface area contributed by atoms with E-state index in [0.717, 1.165) is 27.7 Å². The number of aldehydes is 1. The first-order valence-electron chi connectivity index (χ1n) is 31.7. The van der Waals surface area contributed by atoms with Crippen molar-refractivity contribution in [2.45, 2.75) is 274 Å². The maximum Gasteiger partial charge on any atom is 0.217 e. The molecule has 0 aromatic carbocycles. The van der Waals surface area contributed by atoms with Crippen LogP contribution in [0.2, 0.25) is 0 Å². The summed E-state index contributed by atoms with van der Waals surface area (Å²) < 4.78 is 82.3. The Kier molecular flexibility index (Phi) is 30.8. The maximum absolute atomic E-state index is 13.0. The number of ether oxygens (including phenoxy) is 14. The number of nitrogens with one attached hydrogen (secondary N) is 4. The predicted octanol–water partition coefficient (Wildman–Crippen LogP) is -17.0. The van der Waals surface area contributed by atoms with Gasteiger partial charge in [0.25, 0.3) is 0 Å². The van der Waals surface area contributed by atoms with Crippen LogP contribution in [0.25, 0.3) is 0 Å². The van der Waals surface area contributed by atoms with E-state index in [9.17, 15) is 131 Å². The molecular formula is C56H94N4O40. The minimum Gasteiger partial charge on any atom is -0.394 e. The molecule has 7 fully saturated rings. The predicted molar refractivity (Wildman–Crippen MR) is 311 cm³/mol. The van der Waals surface area contributed by atoms with Gasteiger partial charge in [0.15, 0.2) is 44.0 Å². The Bertz CT molecular complexity index is 2600. The van der Waals surface area contributed by atoms with Crippen molar-refractivity contribution in [2.75, 3.05) is 46.2 Å². The second-order valence-electron chi connectivity index (χ2n) is 25.0. The smallest absolute Gasteiger partial charge is 0.217 e. The molecule has 7 saturated heterocycles. The van der Waals surface area contributed by atoms with Gasteiger partial charge in [-0.15, -0.1) is 0 Å². The Morgan fingerprint density at radius 2 is 0.800 bits per heavy atom. The summed E-state index contributed by atoms with van der Waals surface area (Å²) in [5.74, 6) is -3.59. The van der Waals surface area contributed by atoms with E-state index in [1.54, 1.807) is 0 Å². The van der Waals surface area contributed by atoms with Crippen LogP contribution in [-0.4, -0.2) is 423 Å². The average Bonchev–Trinajstić information content (AvgIpc) is 0.775. The summed E-state index contributed by atoms with van der Waals surface area (Å²) in [5.41, 5.74) is 0. The third kappa shape index (κ3) is 19.2. The van der Waals surface area contributed by atoms with Gasteiger partial charge in [0.2, 0.25) is 23.6 Å². The molecule has 0 saturated carbocycles. The molecule has 44 heteroatoms. The number of aliphatic hydroxyl groups is 21. The zero-order valence-electron chi connectivity index (χ0n) is 54.2. The second kappa shape index (κ2) is 36.9. The highest BCUT2D eigenvalue weighted by atomic mass is 16.8. The first kappa shape index (κ1) is 83.4. The molecule has 0 aliphatic carbocycles. The van der Waals surface area contributed by atoms with E-state index >= 15 is 0 Å². The molecule has 0 aromatic heterocycles. The summed E-state index contributed by atoms with van der Waals surface area (Å²) >= 11 is 0. The van der Waals surface area contributed by atoms with Gasteiger partial charge in [-0.1, -0.05) is 0 Å². The molecule has 7 aliphatic rings. The fourth-order valence-electron chi connectivity index (χ4n) is 12.3. The maximum atomic E-state index is 13.0. The first-order chi connectivity index (χ1) is 47.2. The van der Waals surface area contributed by atoms with Crippen LogP contribution in [0, 0.1) is 0 Å². The molecule has 0 bridgehead atoms. The van der Waals surface area contributed by atoms with E-state index in [1.165, 1.54) is 6.92 Å². The summed E-state index contributed by atoms with van der Waals surface area (Å²) in [6.45, 7) is -2.46. The Hall–Kier alpha value is -3.85. The summed E-state index contributed by atoms with van der Waals surface area (Å²) in [4.78, 5) is 62.4. The topological polar surface area (TPSA) is 688 Å². The van der Waals surface area contributed by atoms with Crippen molar-refractivity contribution in [3.05, 3.63) is 0 Å². The molecule has 0 spiro atoms. The van der Waals surface area contributed by atoms with Crippen molar-refractivity contribution < 1.29 is 198 Å². The number of carbonyl (C=O) groups is 5. The normalized spacial score (nSPS) is 45.3. The number of amides is 4. The molecule has 0 radical (unpaired) electrons. The highest BCUT2D eigenvalue weighted by molar-refractivity contribution is 5.77. The molecule has 25 N–H and O–H groups in total. The van der Waals surface area contributed by atoms with Crippen molar-refractivity contribution >= 4 is 29.9 Å². The number of carbonyl (C=O) groups excluding carboxylic acids is 5. The van der Waals surface area contributed by atoms with Gasteiger partial charge in [0.05, 0.1) is 52.4 Å². The number of aliphatic hydroxyl groups excluding tert-OH is 21. The van der Waals surface area contributed by atoms with Crippen molar-refractivity contribution in [3.8, 4) is 0 Å². The third-order valence-corrected chi connectivity index (χ3v) is 17.7. The average molecular weight is 1460 g/mol. The van der Waals surface area contributed by atoms with Crippen LogP contribution in [0.3, 0.4) is 0 Å². The summed E-state index contributed by atoms with van der Waals surface area (Å²) in [6.07, 6.45) is -71.7. The van der Waals surface area contributed by atoms with Crippen LogP contribution >= 0.6 is 0 Å². The quantitative estimate of drug-likeness (QED) is 0.0309. The summed E-state index contributed by atoms with van der Waals surface area (Å²) in [7, 11) is 0. The van der Waals surface area contributed by atoms with Crippen molar-refractivity contribution in [1.29, 1.82) is 0 Å². The van der Waals surface area contributed by atoms with E-state index in [-0.39, 0.29) is 6.29 Å². The van der Waals surface area contributed by atoms with Gasteiger partial charge in [-0.25, -0.2) is 0 Å². The molecule has 0 aromatic rings. The van der Waals surface area contributed by atoms with Crippen molar-refractivity contribution in [3.63, 3.8) is 0 Å². The standard InChI is InChI=1S/C56H94N4O40/c1-14-30(72)40(82)43(85)53(89-14)87-12-20(71)45(31(73)19(6-61)57-15(2)67)96-52-29(60-18(5)70)39(81)46(25(11-66)94-52)97-54-44(86)47(98-56-49(42(84)35(77)24(10-65)93-56)100-51-28(59-17(4)69)38(80)33(75)22(8-63)91-51)36(78)26(95-54)13-88-55-48(41(83)34(76)23(9-64)92-55)99-50-27(58-16(3)68)37(79)32(74)21(7-62)90-50/h6,14,19-56,62-66,71-86H,7-13H2,1-5H3,(H,57,67)(H,58,68)(H,59,69)(H,60,70)/t14-,19-,20+,21+,22+,23+,24+,25+,26+,27+,28+,29+,30+,31+,32+,33+,34+,35+,36+,37+,38+,39+,40+,41-,42-,43-,44-,45+,46+,47-,48-,49-,50-,51-,52-,53+,54-,55-,56+/m0/s1. The van der Waals surface area contributed by atoms with Crippen LogP contribution in [0.15, 0.2) is 0 Å². The summed E-state index contributed by atoms with van der Waals surface area (Å²) in [5, 5.41) is 242. The van der Waals surface area contributed by atoms with Crippen LogP contribution in [-0.2, 0) is 90.3 Å².